The first kappa shape index (κ1) is 28.7. The Morgan fingerprint density at radius 2 is 1.39 bits per heavy atom. The predicted octanol–water partition coefficient (Wildman–Crippen LogP) is 7.75. The molecule has 0 spiro atoms. The Hall–Kier alpha value is -3.86. The molecule has 0 atom stereocenters. The lowest BCUT2D eigenvalue weighted by atomic mass is 9.96. The van der Waals surface area contributed by atoms with E-state index in [1.165, 1.54) is 64.2 Å². The Labute approximate surface area is 228 Å². The van der Waals surface area contributed by atoms with E-state index >= 15 is 0 Å². The molecular formula is C32H39N5O. The smallest absolute Gasteiger partial charge is 0.137 e. The van der Waals surface area contributed by atoms with Gasteiger partial charge in [0.05, 0.1) is 18.1 Å². The zero-order valence-electron chi connectivity index (χ0n) is 23.0. The van der Waals surface area contributed by atoms with Gasteiger partial charge in [-0.05, 0) is 68.5 Å². The van der Waals surface area contributed by atoms with Crippen LogP contribution in [0.3, 0.4) is 0 Å². The van der Waals surface area contributed by atoms with E-state index in [2.05, 4.69) is 16.0 Å². The number of nitrogens with zero attached hydrogens (tertiary/aromatic N) is 5. The van der Waals surface area contributed by atoms with Gasteiger partial charge in [-0.3, -0.25) is 0 Å². The van der Waals surface area contributed by atoms with Crippen LogP contribution in [-0.2, 0) is 4.74 Å². The highest BCUT2D eigenvalue weighted by Crippen LogP contribution is 2.24. The molecule has 6 nitrogen and oxygen atoms in total. The van der Waals surface area contributed by atoms with E-state index in [-0.39, 0.29) is 5.57 Å². The molecule has 0 aromatic heterocycles. The van der Waals surface area contributed by atoms with E-state index in [9.17, 15) is 0 Å². The lowest BCUT2D eigenvalue weighted by molar-refractivity contribution is 0.318. The molecule has 0 unspecified atom stereocenters. The summed E-state index contributed by atoms with van der Waals surface area (Å²) in [4.78, 5) is 11.0. The summed E-state index contributed by atoms with van der Waals surface area (Å²) in [6.45, 7) is 1.79. The third-order valence-electron chi connectivity index (χ3n) is 6.93. The highest BCUT2D eigenvalue weighted by atomic mass is 16.5. The lowest BCUT2D eigenvalue weighted by Crippen LogP contribution is -2.10. The quantitative estimate of drug-likeness (QED) is 0.300. The van der Waals surface area contributed by atoms with Crippen molar-refractivity contribution in [1.29, 1.82) is 10.5 Å². The van der Waals surface area contributed by atoms with Crippen molar-refractivity contribution in [2.75, 3.05) is 19.0 Å². The molecular weight excluding hydrogens is 470 g/mol. The number of nitriles is 2. The van der Waals surface area contributed by atoms with E-state index < -0.39 is 0 Å². The van der Waals surface area contributed by atoms with Crippen molar-refractivity contribution in [3.8, 4) is 12.1 Å². The Balaban J connectivity index is 0.000000230. The topological polar surface area (TPSA) is 84.8 Å². The summed E-state index contributed by atoms with van der Waals surface area (Å²) < 4.78 is 5.61. The van der Waals surface area contributed by atoms with Crippen LogP contribution in [0.5, 0.6) is 0 Å². The van der Waals surface area contributed by atoms with Gasteiger partial charge >= 0.3 is 0 Å². The van der Waals surface area contributed by atoms with Crippen molar-refractivity contribution in [1.82, 2.24) is 0 Å². The second kappa shape index (κ2) is 15.4. The van der Waals surface area contributed by atoms with Crippen LogP contribution in [0.2, 0.25) is 0 Å². The van der Waals surface area contributed by atoms with Gasteiger partial charge < -0.3 is 9.64 Å². The summed E-state index contributed by atoms with van der Waals surface area (Å²) in [5, 5.41) is 18.0. The van der Waals surface area contributed by atoms with Crippen LogP contribution in [0.1, 0.15) is 76.7 Å². The van der Waals surface area contributed by atoms with Gasteiger partial charge in [-0.1, -0.05) is 56.7 Å². The SMILES string of the molecule is C(=NC1CCCCC1)=NC1CCCCC1.CC1=CC(=C(C#N)C#N)C=C(/C=C/c2ccc(N(C)C)cc2)O1. The average Bonchev–Trinajstić information content (AvgIpc) is 2.94. The maximum Gasteiger partial charge on any atom is 0.137 e. The average molecular weight is 510 g/mol. The van der Waals surface area contributed by atoms with Crippen LogP contribution in [0.25, 0.3) is 6.08 Å². The van der Waals surface area contributed by atoms with Gasteiger partial charge in [0.2, 0.25) is 0 Å². The first-order valence-electron chi connectivity index (χ1n) is 13.7. The minimum atomic E-state index is 0.0777. The van der Waals surface area contributed by atoms with Crippen LogP contribution in [0.4, 0.5) is 5.69 Å². The van der Waals surface area contributed by atoms with Crippen molar-refractivity contribution in [3.05, 3.63) is 70.7 Å². The molecule has 3 aliphatic rings. The van der Waals surface area contributed by atoms with Gasteiger partial charge in [-0.25, -0.2) is 9.98 Å². The third kappa shape index (κ3) is 9.55. The standard InChI is InChI=1S/C19H17N3O.C13H22N2/c1-14-10-16(17(12-20)13-21)11-19(23-14)9-6-15-4-7-18(8-5-15)22(2)3;1-3-7-12(8-4-1)14-11-15-13-9-5-2-6-10-13/h4-11H,1-3H3;12-13H,1-10H2/b9-6+;. The third-order valence-corrected chi connectivity index (χ3v) is 6.93. The number of ether oxygens (including phenoxy) is 1. The van der Waals surface area contributed by atoms with Crippen molar-refractivity contribution >= 4 is 17.8 Å². The molecule has 38 heavy (non-hydrogen) atoms. The van der Waals surface area contributed by atoms with Gasteiger partial charge in [0.15, 0.2) is 0 Å². The minimum absolute atomic E-state index is 0.0777. The molecule has 2 aliphatic carbocycles. The number of aliphatic imine (C=N–C) groups is 2. The first-order valence-corrected chi connectivity index (χ1v) is 13.7. The summed E-state index contributed by atoms with van der Waals surface area (Å²) in [7, 11) is 3.99. The van der Waals surface area contributed by atoms with Gasteiger partial charge in [0.1, 0.15) is 29.2 Å². The van der Waals surface area contributed by atoms with Crippen molar-refractivity contribution in [2.24, 2.45) is 9.98 Å². The summed E-state index contributed by atoms with van der Waals surface area (Å²) >= 11 is 0. The van der Waals surface area contributed by atoms with Crippen molar-refractivity contribution in [3.63, 3.8) is 0 Å². The second-order valence-corrected chi connectivity index (χ2v) is 10.2. The summed E-state index contributed by atoms with van der Waals surface area (Å²) in [5.41, 5.74) is 2.82. The Bertz CT molecular complexity index is 1150. The maximum absolute atomic E-state index is 8.98. The molecule has 6 heteroatoms. The van der Waals surface area contributed by atoms with E-state index in [1.807, 2.05) is 67.6 Å². The molecule has 1 heterocycles. The highest BCUT2D eigenvalue weighted by Gasteiger charge is 2.13. The van der Waals surface area contributed by atoms with E-state index in [0.29, 0.717) is 29.2 Å². The molecule has 2 fully saturated rings. The van der Waals surface area contributed by atoms with Gasteiger partial charge in [-0.15, -0.1) is 0 Å². The fourth-order valence-electron chi connectivity index (χ4n) is 4.72. The number of benzene rings is 1. The molecule has 198 valence electrons. The number of rotatable bonds is 5. The molecule has 0 saturated heterocycles. The number of hydrogen-bond acceptors (Lipinski definition) is 6. The molecule has 4 rings (SSSR count). The van der Waals surface area contributed by atoms with Gasteiger partial charge in [-0.2, -0.15) is 10.5 Å². The summed E-state index contributed by atoms with van der Waals surface area (Å²) in [6.07, 6.45) is 20.3. The maximum atomic E-state index is 8.98. The zero-order chi connectivity index (χ0) is 27.2. The van der Waals surface area contributed by atoms with Crippen LogP contribution in [-0.4, -0.2) is 32.2 Å². The van der Waals surface area contributed by atoms with Crippen LogP contribution < -0.4 is 4.90 Å². The molecule has 1 aliphatic heterocycles. The largest absolute Gasteiger partial charge is 0.462 e. The van der Waals surface area contributed by atoms with E-state index in [1.54, 1.807) is 19.1 Å². The van der Waals surface area contributed by atoms with Crippen LogP contribution in [0.15, 0.2) is 75.1 Å². The number of hydrogen-bond donors (Lipinski definition) is 0. The molecule has 1 aromatic carbocycles. The summed E-state index contributed by atoms with van der Waals surface area (Å²) in [6, 6.07) is 15.9. The highest BCUT2D eigenvalue weighted by molar-refractivity contribution is 5.59. The van der Waals surface area contributed by atoms with Crippen LogP contribution >= 0.6 is 0 Å². The van der Waals surface area contributed by atoms with E-state index in [0.717, 1.165) is 11.3 Å². The van der Waals surface area contributed by atoms with E-state index in [4.69, 9.17) is 15.3 Å². The molecule has 0 radical (unpaired) electrons. The minimum Gasteiger partial charge on any atom is -0.462 e. The van der Waals surface area contributed by atoms with Gasteiger partial charge in [0.25, 0.3) is 0 Å². The predicted molar refractivity (Wildman–Crippen MR) is 155 cm³/mol. The fourth-order valence-corrected chi connectivity index (χ4v) is 4.72. The van der Waals surface area contributed by atoms with Crippen molar-refractivity contribution < 1.29 is 4.74 Å². The van der Waals surface area contributed by atoms with Gasteiger partial charge in [0, 0.05) is 25.4 Å². The summed E-state index contributed by atoms with van der Waals surface area (Å²) in [5.74, 6) is 1.24. The van der Waals surface area contributed by atoms with Crippen LogP contribution in [0, 0.1) is 22.7 Å². The molecule has 0 amide bonds. The Morgan fingerprint density at radius 1 is 0.842 bits per heavy atom. The second-order valence-electron chi connectivity index (χ2n) is 10.2. The number of anilines is 1. The lowest BCUT2D eigenvalue weighted by Gasteiger charge is -2.17. The Kier molecular flexibility index (Phi) is 11.6. The zero-order valence-corrected chi connectivity index (χ0v) is 23.0. The fraction of sp³-hybridized carbons (Fsp3) is 0.469. The molecule has 0 N–H and O–H groups in total. The van der Waals surface area contributed by atoms with Crippen molar-refractivity contribution in [2.45, 2.75) is 83.2 Å². The molecule has 0 bridgehead atoms. The normalized spacial score (nSPS) is 17.9. The molecule has 1 aromatic rings. The molecule has 2 saturated carbocycles. The monoisotopic (exact) mass is 509 g/mol. The number of allylic oxidation sites excluding steroid dienone is 6. The Morgan fingerprint density at radius 3 is 1.89 bits per heavy atom. The first-order chi connectivity index (χ1) is 18.5.